The Morgan fingerprint density at radius 1 is 1.27 bits per heavy atom. The van der Waals surface area contributed by atoms with E-state index in [-0.39, 0.29) is 6.54 Å². The maximum Gasteiger partial charge on any atom is 0.258 e. The van der Waals surface area contributed by atoms with Gasteiger partial charge in [0.2, 0.25) is 0 Å². The molecule has 0 aliphatic carbocycles. The lowest BCUT2D eigenvalue weighted by molar-refractivity contribution is 0.0942. The van der Waals surface area contributed by atoms with Crippen molar-refractivity contribution in [2.75, 3.05) is 0 Å². The van der Waals surface area contributed by atoms with E-state index in [0.29, 0.717) is 23.6 Å². The Balaban J connectivity index is 1.81. The molecule has 8 heteroatoms. The van der Waals surface area contributed by atoms with E-state index in [9.17, 15) is 18.7 Å². The lowest BCUT2D eigenvalue weighted by Crippen LogP contribution is -2.25. The van der Waals surface area contributed by atoms with Crippen molar-refractivity contribution in [2.45, 2.75) is 6.54 Å². The van der Waals surface area contributed by atoms with Gasteiger partial charge < -0.3 is 10.4 Å². The molecule has 112 valence electrons. The molecule has 0 fully saturated rings. The average molecular weight is 304 g/mol. The van der Waals surface area contributed by atoms with Gasteiger partial charge in [0.05, 0.1) is 6.54 Å². The Hall–Kier alpha value is -3.03. The second-order valence-electron chi connectivity index (χ2n) is 4.51. The Bertz CT molecular complexity index is 840. The van der Waals surface area contributed by atoms with Crippen LogP contribution in [0, 0.1) is 11.6 Å². The molecule has 0 bridgehead atoms. The number of benzene rings is 1. The number of aromatic nitrogens is 3. The topological polar surface area (TPSA) is 79.5 Å². The third-order valence-corrected chi connectivity index (χ3v) is 3.05. The van der Waals surface area contributed by atoms with Crippen molar-refractivity contribution in [3.8, 4) is 5.75 Å². The van der Waals surface area contributed by atoms with Gasteiger partial charge in [0.15, 0.2) is 11.5 Å². The largest absolute Gasteiger partial charge is 0.507 e. The molecule has 3 aromatic rings. The molecule has 0 unspecified atom stereocenters. The molecule has 3 rings (SSSR count). The third-order valence-electron chi connectivity index (χ3n) is 3.05. The van der Waals surface area contributed by atoms with E-state index in [4.69, 9.17) is 0 Å². The van der Waals surface area contributed by atoms with Gasteiger partial charge in [-0.05, 0) is 12.1 Å². The molecule has 2 heterocycles. The molecule has 2 N–H and O–H groups in total. The first-order valence-corrected chi connectivity index (χ1v) is 6.31. The van der Waals surface area contributed by atoms with Crippen LogP contribution >= 0.6 is 0 Å². The highest BCUT2D eigenvalue weighted by Crippen LogP contribution is 2.21. The molecule has 22 heavy (non-hydrogen) atoms. The lowest BCUT2D eigenvalue weighted by atomic mass is 10.1. The first-order valence-electron chi connectivity index (χ1n) is 6.31. The number of carbonyl (C=O) groups is 1. The molecular weight excluding hydrogens is 294 g/mol. The highest BCUT2D eigenvalue weighted by Gasteiger charge is 2.18. The second kappa shape index (κ2) is 5.40. The van der Waals surface area contributed by atoms with Crippen LogP contribution in [-0.2, 0) is 6.54 Å². The molecule has 0 atom stereocenters. The predicted octanol–water partition coefficient (Wildman–Crippen LogP) is 1.64. The van der Waals surface area contributed by atoms with E-state index in [2.05, 4.69) is 15.5 Å². The van der Waals surface area contributed by atoms with E-state index in [1.165, 1.54) is 0 Å². The molecule has 2 aromatic heterocycles. The van der Waals surface area contributed by atoms with Gasteiger partial charge in [0.1, 0.15) is 22.9 Å². The van der Waals surface area contributed by atoms with Crippen molar-refractivity contribution in [2.24, 2.45) is 0 Å². The SMILES string of the molecule is O=C(NCc1nnc2ccccn12)c1c(O)cc(F)cc1F. The summed E-state index contributed by atoms with van der Waals surface area (Å²) in [5, 5.41) is 19.7. The van der Waals surface area contributed by atoms with Crippen molar-refractivity contribution in [3.05, 3.63) is 59.6 Å². The van der Waals surface area contributed by atoms with E-state index < -0.39 is 28.9 Å². The zero-order valence-corrected chi connectivity index (χ0v) is 11.1. The smallest absolute Gasteiger partial charge is 0.258 e. The van der Waals surface area contributed by atoms with Crippen LogP contribution in [0.2, 0.25) is 0 Å². The number of pyridine rings is 1. The molecule has 0 radical (unpaired) electrons. The fourth-order valence-corrected chi connectivity index (χ4v) is 2.04. The van der Waals surface area contributed by atoms with Crippen molar-refractivity contribution in [1.82, 2.24) is 19.9 Å². The number of fused-ring (bicyclic) bond motifs is 1. The highest BCUT2D eigenvalue weighted by molar-refractivity contribution is 5.97. The van der Waals surface area contributed by atoms with Gasteiger partial charge in [0.25, 0.3) is 5.91 Å². The number of halogens is 2. The van der Waals surface area contributed by atoms with Gasteiger partial charge in [-0.25, -0.2) is 8.78 Å². The number of rotatable bonds is 3. The minimum atomic E-state index is -1.14. The summed E-state index contributed by atoms with van der Waals surface area (Å²) in [7, 11) is 0. The Morgan fingerprint density at radius 3 is 2.86 bits per heavy atom. The number of amides is 1. The van der Waals surface area contributed by atoms with Gasteiger partial charge in [-0.1, -0.05) is 6.07 Å². The van der Waals surface area contributed by atoms with Crippen molar-refractivity contribution in [1.29, 1.82) is 0 Å². The monoisotopic (exact) mass is 304 g/mol. The minimum Gasteiger partial charge on any atom is -0.507 e. The highest BCUT2D eigenvalue weighted by atomic mass is 19.1. The molecule has 0 spiro atoms. The first-order chi connectivity index (χ1) is 10.6. The van der Waals surface area contributed by atoms with Crippen LogP contribution in [0.5, 0.6) is 5.75 Å². The number of aromatic hydroxyl groups is 1. The van der Waals surface area contributed by atoms with Crippen molar-refractivity contribution in [3.63, 3.8) is 0 Å². The fraction of sp³-hybridized carbons (Fsp3) is 0.0714. The summed E-state index contributed by atoms with van der Waals surface area (Å²) in [4.78, 5) is 11.9. The third kappa shape index (κ3) is 2.46. The van der Waals surface area contributed by atoms with Crippen molar-refractivity contribution < 1.29 is 18.7 Å². The Kier molecular flexibility index (Phi) is 3.42. The Labute approximate surface area is 123 Å². The summed E-state index contributed by atoms with van der Waals surface area (Å²) < 4.78 is 28.1. The summed E-state index contributed by atoms with van der Waals surface area (Å²) in [5.74, 6) is -3.30. The van der Waals surface area contributed by atoms with Crippen LogP contribution in [0.25, 0.3) is 5.65 Å². The van der Waals surface area contributed by atoms with E-state index >= 15 is 0 Å². The van der Waals surface area contributed by atoms with Crippen LogP contribution in [0.3, 0.4) is 0 Å². The van der Waals surface area contributed by atoms with Crippen LogP contribution < -0.4 is 5.32 Å². The maximum absolute atomic E-state index is 13.6. The number of carbonyl (C=O) groups excluding carboxylic acids is 1. The maximum atomic E-state index is 13.6. The summed E-state index contributed by atoms with van der Waals surface area (Å²) in [6, 6.07) is 6.50. The number of hydrogen-bond acceptors (Lipinski definition) is 4. The van der Waals surface area contributed by atoms with Crippen LogP contribution in [0.15, 0.2) is 36.5 Å². The molecule has 1 amide bonds. The summed E-state index contributed by atoms with van der Waals surface area (Å²) >= 11 is 0. The zero-order chi connectivity index (χ0) is 15.7. The normalized spacial score (nSPS) is 10.8. The van der Waals surface area contributed by atoms with E-state index in [0.717, 1.165) is 0 Å². The molecule has 0 aliphatic rings. The molecule has 1 aromatic carbocycles. The molecular formula is C14H10F2N4O2. The second-order valence-corrected chi connectivity index (χ2v) is 4.51. The quantitative estimate of drug-likeness (QED) is 0.771. The lowest BCUT2D eigenvalue weighted by Gasteiger charge is -2.07. The molecule has 6 nitrogen and oxygen atoms in total. The summed E-state index contributed by atoms with van der Waals surface area (Å²) in [6.45, 7) is -0.0275. The van der Waals surface area contributed by atoms with Crippen LogP contribution in [-0.4, -0.2) is 25.6 Å². The van der Waals surface area contributed by atoms with Crippen molar-refractivity contribution >= 4 is 11.6 Å². The molecule has 0 saturated heterocycles. The van der Waals surface area contributed by atoms with Gasteiger partial charge in [-0.2, -0.15) is 0 Å². The number of nitrogens with zero attached hydrogens (tertiary/aromatic N) is 3. The summed E-state index contributed by atoms with van der Waals surface area (Å²) in [5.41, 5.74) is -0.0159. The van der Waals surface area contributed by atoms with E-state index in [1.807, 2.05) is 0 Å². The zero-order valence-electron chi connectivity index (χ0n) is 11.1. The van der Waals surface area contributed by atoms with Gasteiger partial charge in [-0.3, -0.25) is 9.20 Å². The number of phenols is 1. The number of phenolic OH excluding ortho intramolecular Hbond substituents is 1. The number of nitrogens with one attached hydrogen (secondary N) is 1. The van der Waals surface area contributed by atoms with E-state index in [1.54, 1.807) is 28.8 Å². The van der Waals surface area contributed by atoms with Gasteiger partial charge >= 0.3 is 0 Å². The predicted molar refractivity (Wildman–Crippen MR) is 72.2 cm³/mol. The summed E-state index contributed by atoms with van der Waals surface area (Å²) in [6.07, 6.45) is 1.72. The molecule has 0 aliphatic heterocycles. The standard InChI is InChI=1S/C14H10F2N4O2/c15-8-5-9(16)13(10(21)6-8)14(22)17-7-12-19-18-11-3-1-2-4-20(11)12/h1-6,21H,7H2,(H,17,22). The van der Waals surface area contributed by atoms with Gasteiger partial charge in [-0.15, -0.1) is 10.2 Å². The Morgan fingerprint density at radius 2 is 2.09 bits per heavy atom. The first kappa shape index (κ1) is 13.9. The van der Waals surface area contributed by atoms with Gasteiger partial charge in [0, 0.05) is 18.3 Å². The average Bonchev–Trinajstić information content (AvgIpc) is 2.87. The minimum absolute atomic E-state index is 0.0275. The molecule has 0 saturated carbocycles. The fourth-order valence-electron chi connectivity index (χ4n) is 2.04. The van der Waals surface area contributed by atoms with Crippen LogP contribution in [0.4, 0.5) is 8.78 Å². The van der Waals surface area contributed by atoms with Crippen LogP contribution in [0.1, 0.15) is 16.2 Å². The number of hydrogen-bond donors (Lipinski definition) is 2.